The van der Waals surface area contributed by atoms with Crippen LogP contribution in [0.15, 0.2) is 48.0 Å². The van der Waals surface area contributed by atoms with Gasteiger partial charge in [0.1, 0.15) is 5.82 Å². The van der Waals surface area contributed by atoms with Gasteiger partial charge in [0.25, 0.3) is 0 Å². The van der Waals surface area contributed by atoms with Crippen molar-refractivity contribution in [3.05, 3.63) is 64.1 Å². The first-order chi connectivity index (χ1) is 10.9. The van der Waals surface area contributed by atoms with E-state index in [1.54, 1.807) is 24.4 Å². The Morgan fingerprint density at radius 2 is 1.96 bits per heavy atom. The Hall–Kier alpha value is -2.41. The lowest BCUT2D eigenvalue weighted by molar-refractivity contribution is -0.137. The molecule has 0 unspecified atom stereocenters. The lowest BCUT2D eigenvalue weighted by Crippen LogP contribution is -2.05. The van der Waals surface area contributed by atoms with Crippen molar-refractivity contribution in [3.8, 4) is 11.3 Å². The molecule has 1 aromatic carbocycles. The number of hydrogen-bond acceptors (Lipinski definition) is 4. The van der Waals surface area contributed by atoms with Crippen LogP contribution in [0.2, 0.25) is 0 Å². The average molecular weight is 335 g/mol. The van der Waals surface area contributed by atoms with Gasteiger partial charge in [-0.1, -0.05) is 18.2 Å². The van der Waals surface area contributed by atoms with Gasteiger partial charge in [-0.05, 0) is 23.8 Å². The number of hydrogen-bond donors (Lipinski definition) is 1. The summed E-state index contributed by atoms with van der Waals surface area (Å²) < 4.78 is 38.2. The van der Waals surface area contributed by atoms with Gasteiger partial charge in [-0.15, -0.1) is 11.3 Å². The molecule has 118 valence electrons. The summed E-state index contributed by atoms with van der Waals surface area (Å²) in [4.78, 5) is 8.38. The fourth-order valence-electron chi connectivity index (χ4n) is 2.16. The summed E-state index contributed by atoms with van der Waals surface area (Å²) in [6.45, 7) is 0. The van der Waals surface area contributed by atoms with Crippen LogP contribution in [0.3, 0.4) is 0 Å². The summed E-state index contributed by atoms with van der Waals surface area (Å²) in [5, 5.41) is 2.60. The quantitative estimate of drug-likeness (QED) is 0.772. The van der Waals surface area contributed by atoms with E-state index >= 15 is 0 Å². The summed E-state index contributed by atoms with van der Waals surface area (Å²) >= 11 is 1.40. The number of halogens is 3. The van der Waals surface area contributed by atoms with Gasteiger partial charge in [0.2, 0.25) is 0 Å². The number of rotatable bonds is 3. The van der Waals surface area contributed by atoms with Crippen LogP contribution in [-0.2, 0) is 12.6 Å². The molecular formula is C16H12F3N3S. The number of anilines is 1. The standard InChI is InChI=1S/C16H12F3N3S/c17-16(18,19)12-3-1-2-10(6-12)7-15-22-13(9-23-15)11-4-5-21-14(20)8-11/h1-6,8-9H,7H2,(H2,20,21). The Labute approximate surface area is 134 Å². The number of thiazole rings is 1. The Kier molecular flexibility index (Phi) is 4.04. The third-order valence-electron chi connectivity index (χ3n) is 3.24. The zero-order chi connectivity index (χ0) is 16.4. The van der Waals surface area contributed by atoms with Crippen molar-refractivity contribution in [1.82, 2.24) is 9.97 Å². The number of benzene rings is 1. The second-order valence-electron chi connectivity index (χ2n) is 4.97. The lowest BCUT2D eigenvalue weighted by atomic mass is 10.1. The smallest absolute Gasteiger partial charge is 0.384 e. The normalized spacial score (nSPS) is 11.6. The van der Waals surface area contributed by atoms with E-state index in [-0.39, 0.29) is 0 Å². The second-order valence-corrected chi connectivity index (χ2v) is 5.91. The molecule has 0 saturated heterocycles. The van der Waals surface area contributed by atoms with Gasteiger partial charge in [0.05, 0.1) is 16.3 Å². The maximum absolute atomic E-state index is 12.7. The molecule has 2 heterocycles. The molecule has 3 nitrogen and oxygen atoms in total. The van der Waals surface area contributed by atoms with E-state index in [0.717, 1.165) is 28.4 Å². The Bertz CT molecular complexity index is 827. The van der Waals surface area contributed by atoms with Crippen LogP contribution in [0.5, 0.6) is 0 Å². The van der Waals surface area contributed by atoms with Crippen LogP contribution in [0.25, 0.3) is 11.3 Å². The predicted octanol–water partition coefficient (Wildman–Crippen LogP) is 4.40. The van der Waals surface area contributed by atoms with E-state index in [0.29, 0.717) is 17.8 Å². The monoisotopic (exact) mass is 335 g/mol. The minimum absolute atomic E-state index is 0.356. The molecule has 23 heavy (non-hydrogen) atoms. The first-order valence-corrected chi connectivity index (χ1v) is 7.62. The lowest BCUT2D eigenvalue weighted by Gasteiger charge is -2.07. The van der Waals surface area contributed by atoms with Crippen LogP contribution in [0.4, 0.5) is 19.0 Å². The van der Waals surface area contributed by atoms with Crippen molar-refractivity contribution < 1.29 is 13.2 Å². The van der Waals surface area contributed by atoms with Gasteiger partial charge < -0.3 is 5.73 Å². The van der Waals surface area contributed by atoms with E-state index in [4.69, 9.17) is 5.73 Å². The van der Waals surface area contributed by atoms with Gasteiger partial charge in [-0.25, -0.2) is 9.97 Å². The molecule has 3 aromatic rings. The molecule has 0 aliphatic rings. The summed E-state index contributed by atoms with van der Waals surface area (Å²) in [7, 11) is 0. The molecule has 7 heteroatoms. The molecule has 0 bridgehead atoms. The second kappa shape index (κ2) is 6.00. The first-order valence-electron chi connectivity index (χ1n) is 6.74. The molecule has 3 rings (SSSR count). The summed E-state index contributed by atoms with van der Waals surface area (Å²) in [5.74, 6) is 0.398. The molecule has 0 atom stereocenters. The van der Waals surface area contributed by atoms with Crippen LogP contribution in [0.1, 0.15) is 16.1 Å². The third kappa shape index (κ3) is 3.68. The number of nitrogens with zero attached hydrogens (tertiary/aromatic N) is 2. The highest BCUT2D eigenvalue weighted by atomic mass is 32.1. The highest BCUT2D eigenvalue weighted by Gasteiger charge is 2.30. The first kappa shape index (κ1) is 15.5. The predicted molar refractivity (Wildman–Crippen MR) is 84.0 cm³/mol. The fourth-order valence-corrected chi connectivity index (χ4v) is 3.00. The molecule has 0 spiro atoms. The van der Waals surface area contributed by atoms with E-state index in [2.05, 4.69) is 9.97 Å². The van der Waals surface area contributed by atoms with Crippen LogP contribution < -0.4 is 5.73 Å². The highest BCUT2D eigenvalue weighted by molar-refractivity contribution is 7.10. The van der Waals surface area contributed by atoms with Gasteiger partial charge in [-0.2, -0.15) is 13.2 Å². The molecule has 0 fully saturated rings. The maximum atomic E-state index is 12.7. The molecule has 0 aliphatic heterocycles. The molecule has 2 aromatic heterocycles. The number of pyridine rings is 1. The van der Waals surface area contributed by atoms with Crippen LogP contribution >= 0.6 is 11.3 Å². The number of nitrogen functional groups attached to an aromatic ring is 1. The van der Waals surface area contributed by atoms with Crippen molar-refractivity contribution in [2.75, 3.05) is 5.73 Å². The van der Waals surface area contributed by atoms with Gasteiger partial charge in [0, 0.05) is 23.6 Å². The summed E-state index contributed by atoms with van der Waals surface area (Å²) in [5.41, 5.74) is 7.15. The SMILES string of the molecule is Nc1cc(-c2csc(Cc3cccc(C(F)(F)F)c3)n2)ccn1. The minimum atomic E-state index is -4.33. The van der Waals surface area contributed by atoms with E-state index in [9.17, 15) is 13.2 Å². The number of alkyl halides is 3. The van der Waals surface area contributed by atoms with E-state index < -0.39 is 11.7 Å². The minimum Gasteiger partial charge on any atom is -0.384 e. The van der Waals surface area contributed by atoms with E-state index in [1.807, 2.05) is 5.38 Å². The van der Waals surface area contributed by atoms with Gasteiger partial charge in [0.15, 0.2) is 0 Å². The molecule has 0 amide bonds. The van der Waals surface area contributed by atoms with Crippen molar-refractivity contribution in [2.24, 2.45) is 0 Å². The fraction of sp³-hybridized carbons (Fsp3) is 0.125. The number of aromatic nitrogens is 2. The van der Waals surface area contributed by atoms with Crippen molar-refractivity contribution in [2.45, 2.75) is 12.6 Å². The van der Waals surface area contributed by atoms with Crippen molar-refractivity contribution in [1.29, 1.82) is 0 Å². The molecule has 0 radical (unpaired) electrons. The van der Waals surface area contributed by atoms with Crippen molar-refractivity contribution >= 4 is 17.2 Å². The van der Waals surface area contributed by atoms with E-state index in [1.165, 1.54) is 17.4 Å². The molecule has 2 N–H and O–H groups in total. The Morgan fingerprint density at radius 3 is 2.70 bits per heavy atom. The third-order valence-corrected chi connectivity index (χ3v) is 4.09. The number of nitrogens with two attached hydrogens (primary N) is 1. The zero-order valence-electron chi connectivity index (χ0n) is 11.8. The Balaban J connectivity index is 1.82. The van der Waals surface area contributed by atoms with Gasteiger partial charge >= 0.3 is 6.18 Å². The average Bonchev–Trinajstić information content (AvgIpc) is 2.95. The molecular weight excluding hydrogens is 323 g/mol. The summed E-state index contributed by atoms with van der Waals surface area (Å²) in [6, 6.07) is 8.81. The Morgan fingerprint density at radius 1 is 1.13 bits per heavy atom. The maximum Gasteiger partial charge on any atom is 0.416 e. The van der Waals surface area contributed by atoms with Gasteiger partial charge in [-0.3, -0.25) is 0 Å². The van der Waals surface area contributed by atoms with Crippen LogP contribution in [0, 0.1) is 0 Å². The molecule has 0 saturated carbocycles. The largest absolute Gasteiger partial charge is 0.416 e. The zero-order valence-corrected chi connectivity index (χ0v) is 12.7. The van der Waals surface area contributed by atoms with Crippen LogP contribution in [-0.4, -0.2) is 9.97 Å². The molecule has 0 aliphatic carbocycles. The topological polar surface area (TPSA) is 51.8 Å². The van der Waals surface area contributed by atoms with Crippen molar-refractivity contribution in [3.63, 3.8) is 0 Å². The summed E-state index contributed by atoms with van der Waals surface area (Å²) in [6.07, 6.45) is -2.38. The highest BCUT2D eigenvalue weighted by Crippen LogP contribution is 2.30.